The fourth-order valence-corrected chi connectivity index (χ4v) is 2.17. The van der Waals surface area contributed by atoms with Gasteiger partial charge in [0, 0.05) is 24.3 Å². The highest BCUT2D eigenvalue weighted by Crippen LogP contribution is 2.19. The normalized spacial score (nSPS) is 10.3. The molecule has 0 aliphatic carbocycles. The zero-order valence-electron chi connectivity index (χ0n) is 13.1. The Bertz CT molecular complexity index is 659. The monoisotopic (exact) mass is 300 g/mol. The smallest absolute Gasteiger partial charge is 0.291 e. The predicted octanol–water partition coefficient (Wildman–Crippen LogP) is 3.32. The molecule has 1 N–H and O–H groups in total. The van der Waals surface area contributed by atoms with Gasteiger partial charge in [-0.05, 0) is 50.6 Å². The lowest BCUT2D eigenvalue weighted by Gasteiger charge is -2.19. The number of hydrogen-bond donors (Lipinski definition) is 1. The van der Waals surface area contributed by atoms with Gasteiger partial charge in [0.25, 0.3) is 11.8 Å². The van der Waals surface area contributed by atoms with Gasteiger partial charge in [-0.15, -0.1) is 0 Å². The lowest BCUT2D eigenvalue weighted by atomic mass is 10.1. The van der Waals surface area contributed by atoms with Gasteiger partial charge >= 0.3 is 0 Å². The van der Waals surface area contributed by atoms with E-state index in [2.05, 4.69) is 5.32 Å². The summed E-state index contributed by atoms with van der Waals surface area (Å²) >= 11 is 0. The Hall–Kier alpha value is -2.56. The Balaban J connectivity index is 2.23. The van der Waals surface area contributed by atoms with Gasteiger partial charge in [0.1, 0.15) is 0 Å². The van der Waals surface area contributed by atoms with Gasteiger partial charge in [-0.25, -0.2) is 0 Å². The lowest BCUT2D eigenvalue weighted by Crippen LogP contribution is -2.30. The molecular formula is C17H20N2O3. The van der Waals surface area contributed by atoms with Crippen LogP contribution in [0.3, 0.4) is 0 Å². The van der Waals surface area contributed by atoms with E-state index in [1.54, 1.807) is 29.2 Å². The minimum atomic E-state index is -0.333. The minimum Gasteiger partial charge on any atom is -0.459 e. The fraction of sp³-hybridized carbons (Fsp3) is 0.294. The van der Waals surface area contributed by atoms with Crippen LogP contribution in [0.4, 0.5) is 5.69 Å². The number of furan rings is 1. The molecule has 0 radical (unpaired) electrons. The summed E-state index contributed by atoms with van der Waals surface area (Å²) in [5.41, 5.74) is 2.06. The number of benzene rings is 1. The molecule has 0 aliphatic heterocycles. The standard InChI is InChI=1S/C17H20N2O3/c1-4-19(5-2)17(21)13-9-8-12(3)14(11-13)18-16(20)15-7-6-10-22-15/h6-11H,4-5H2,1-3H3,(H,18,20). The summed E-state index contributed by atoms with van der Waals surface area (Å²) < 4.78 is 5.07. The highest BCUT2D eigenvalue weighted by molar-refractivity contribution is 6.03. The van der Waals surface area contributed by atoms with Gasteiger partial charge in [0.15, 0.2) is 5.76 Å². The zero-order chi connectivity index (χ0) is 16.1. The highest BCUT2D eigenvalue weighted by atomic mass is 16.3. The van der Waals surface area contributed by atoms with E-state index in [9.17, 15) is 9.59 Å². The molecule has 0 bridgehead atoms. The van der Waals surface area contributed by atoms with Crippen LogP contribution in [0, 0.1) is 6.92 Å². The van der Waals surface area contributed by atoms with E-state index in [1.807, 2.05) is 26.8 Å². The van der Waals surface area contributed by atoms with Crippen LogP contribution < -0.4 is 5.32 Å². The summed E-state index contributed by atoms with van der Waals surface area (Å²) in [7, 11) is 0. The summed E-state index contributed by atoms with van der Waals surface area (Å²) in [5, 5.41) is 2.78. The highest BCUT2D eigenvalue weighted by Gasteiger charge is 2.15. The van der Waals surface area contributed by atoms with Crippen molar-refractivity contribution in [1.82, 2.24) is 4.90 Å². The third-order valence-electron chi connectivity index (χ3n) is 3.53. The van der Waals surface area contributed by atoms with Crippen LogP contribution in [-0.2, 0) is 0 Å². The number of carbonyl (C=O) groups is 2. The molecular weight excluding hydrogens is 280 g/mol. The molecule has 2 aromatic rings. The van der Waals surface area contributed by atoms with Crippen molar-refractivity contribution in [3.05, 3.63) is 53.5 Å². The Morgan fingerprint density at radius 3 is 2.50 bits per heavy atom. The van der Waals surface area contributed by atoms with Gasteiger partial charge in [0.2, 0.25) is 0 Å². The van der Waals surface area contributed by atoms with Crippen LogP contribution in [0.2, 0.25) is 0 Å². The summed E-state index contributed by atoms with van der Waals surface area (Å²) in [6.45, 7) is 7.06. The van der Waals surface area contributed by atoms with Crippen LogP contribution in [0.1, 0.15) is 40.3 Å². The molecule has 0 atom stereocenters. The molecule has 1 aromatic carbocycles. The molecule has 1 heterocycles. The van der Waals surface area contributed by atoms with Crippen molar-refractivity contribution in [2.45, 2.75) is 20.8 Å². The first-order chi connectivity index (χ1) is 10.6. The molecule has 22 heavy (non-hydrogen) atoms. The minimum absolute atomic E-state index is 0.0431. The van der Waals surface area contributed by atoms with Crippen molar-refractivity contribution in [3.8, 4) is 0 Å². The first-order valence-corrected chi connectivity index (χ1v) is 7.31. The average molecular weight is 300 g/mol. The molecule has 116 valence electrons. The fourth-order valence-electron chi connectivity index (χ4n) is 2.17. The SMILES string of the molecule is CCN(CC)C(=O)c1ccc(C)c(NC(=O)c2ccco2)c1. The molecule has 5 heteroatoms. The molecule has 0 unspecified atom stereocenters. The molecule has 5 nitrogen and oxygen atoms in total. The average Bonchev–Trinajstić information content (AvgIpc) is 3.05. The van der Waals surface area contributed by atoms with Crippen molar-refractivity contribution in [3.63, 3.8) is 0 Å². The summed E-state index contributed by atoms with van der Waals surface area (Å²) in [6, 6.07) is 8.56. The number of amides is 2. The van der Waals surface area contributed by atoms with Crippen LogP contribution in [0.25, 0.3) is 0 Å². The molecule has 2 amide bonds. The maximum atomic E-state index is 12.4. The number of nitrogens with zero attached hydrogens (tertiary/aromatic N) is 1. The zero-order valence-corrected chi connectivity index (χ0v) is 13.1. The van der Waals surface area contributed by atoms with Crippen LogP contribution in [0.5, 0.6) is 0 Å². The van der Waals surface area contributed by atoms with Gasteiger partial charge in [0.05, 0.1) is 6.26 Å². The number of nitrogens with one attached hydrogen (secondary N) is 1. The molecule has 0 saturated heterocycles. The quantitative estimate of drug-likeness (QED) is 0.921. The van der Waals surface area contributed by atoms with E-state index in [1.165, 1.54) is 6.26 Å². The second-order valence-electron chi connectivity index (χ2n) is 4.94. The van der Waals surface area contributed by atoms with Gasteiger partial charge in [-0.2, -0.15) is 0 Å². The van der Waals surface area contributed by atoms with Crippen molar-refractivity contribution in [2.24, 2.45) is 0 Å². The number of rotatable bonds is 5. The summed E-state index contributed by atoms with van der Waals surface area (Å²) in [4.78, 5) is 26.2. The van der Waals surface area contributed by atoms with Crippen molar-refractivity contribution in [2.75, 3.05) is 18.4 Å². The van der Waals surface area contributed by atoms with E-state index in [0.29, 0.717) is 24.3 Å². The number of aryl methyl sites for hydroxylation is 1. The molecule has 1 aromatic heterocycles. The third-order valence-corrected chi connectivity index (χ3v) is 3.53. The maximum absolute atomic E-state index is 12.4. The van der Waals surface area contributed by atoms with Crippen LogP contribution >= 0.6 is 0 Å². The second kappa shape index (κ2) is 6.93. The summed E-state index contributed by atoms with van der Waals surface area (Å²) in [6.07, 6.45) is 1.45. The number of anilines is 1. The van der Waals surface area contributed by atoms with Gasteiger partial charge < -0.3 is 14.6 Å². The van der Waals surface area contributed by atoms with E-state index < -0.39 is 0 Å². The number of carbonyl (C=O) groups excluding carboxylic acids is 2. The first kappa shape index (κ1) is 15.8. The molecule has 0 spiro atoms. The van der Waals surface area contributed by atoms with Gasteiger partial charge in [-0.3, -0.25) is 9.59 Å². The lowest BCUT2D eigenvalue weighted by molar-refractivity contribution is 0.0772. The van der Waals surface area contributed by atoms with Crippen LogP contribution in [-0.4, -0.2) is 29.8 Å². The van der Waals surface area contributed by atoms with E-state index in [4.69, 9.17) is 4.42 Å². The molecule has 0 aliphatic rings. The van der Waals surface area contributed by atoms with E-state index >= 15 is 0 Å². The van der Waals surface area contributed by atoms with E-state index in [-0.39, 0.29) is 17.6 Å². The maximum Gasteiger partial charge on any atom is 0.291 e. The number of hydrogen-bond acceptors (Lipinski definition) is 3. The van der Waals surface area contributed by atoms with Crippen molar-refractivity contribution in [1.29, 1.82) is 0 Å². The Morgan fingerprint density at radius 2 is 1.91 bits per heavy atom. The van der Waals surface area contributed by atoms with Crippen LogP contribution in [0.15, 0.2) is 41.0 Å². The predicted molar refractivity (Wildman–Crippen MR) is 85.1 cm³/mol. The van der Waals surface area contributed by atoms with E-state index in [0.717, 1.165) is 5.56 Å². The van der Waals surface area contributed by atoms with Crippen molar-refractivity contribution >= 4 is 17.5 Å². The Labute approximate surface area is 129 Å². The first-order valence-electron chi connectivity index (χ1n) is 7.31. The molecule has 0 fully saturated rings. The molecule has 2 rings (SSSR count). The Kier molecular flexibility index (Phi) is 4.99. The second-order valence-corrected chi connectivity index (χ2v) is 4.94. The third kappa shape index (κ3) is 3.36. The Morgan fingerprint density at radius 1 is 1.18 bits per heavy atom. The topological polar surface area (TPSA) is 62.6 Å². The molecule has 0 saturated carbocycles. The summed E-state index contributed by atoms with van der Waals surface area (Å²) in [5.74, 6) is -0.140. The van der Waals surface area contributed by atoms with Gasteiger partial charge in [-0.1, -0.05) is 6.07 Å². The largest absolute Gasteiger partial charge is 0.459 e. The van der Waals surface area contributed by atoms with Crippen molar-refractivity contribution < 1.29 is 14.0 Å².